The molecule has 0 amide bonds. The molecule has 0 aliphatic rings. The molecule has 0 aliphatic carbocycles. The lowest BCUT2D eigenvalue weighted by atomic mass is 10.2. The van der Waals surface area contributed by atoms with E-state index in [1.165, 1.54) is 4.57 Å². The molecule has 108 valence electrons. The largest absolute Gasteiger partial charge is 0.464 e. The fraction of sp³-hybridized carbons (Fsp3) is 0.429. The summed E-state index contributed by atoms with van der Waals surface area (Å²) in [5.41, 5.74) is 7.10. The number of rotatable bonds is 5. The molecule has 1 aromatic carbocycles. The van der Waals surface area contributed by atoms with Crippen molar-refractivity contribution in [2.45, 2.75) is 32.7 Å². The van der Waals surface area contributed by atoms with Crippen molar-refractivity contribution in [2.75, 3.05) is 12.3 Å². The van der Waals surface area contributed by atoms with Crippen LogP contribution in [0.3, 0.4) is 0 Å². The predicted molar refractivity (Wildman–Crippen MR) is 75.5 cm³/mol. The molecular weight excluding hydrogens is 260 g/mol. The predicted octanol–water partition coefficient (Wildman–Crippen LogP) is 2.08. The van der Waals surface area contributed by atoms with Gasteiger partial charge in [0.1, 0.15) is 11.6 Å². The highest BCUT2D eigenvalue weighted by molar-refractivity contribution is 5.87. The Balaban J connectivity index is 2.52. The minimum absolute atomic E-state index is 0.329. The van der Waals surface area contributed by atoms with Crippen LogP contribution in [0.25, 0.3) is 11.1 Å². The van der Waals surface area contributed by atoms with Gasteiger partial charge in [0, 0.05) is 0 Å². The number of benzene rings is 1. The van der Waals surface area contributed by atoms with Crippen LogP contribution in [0.1, 0.15) is 32.7 Å². The molecule has 0 fully saturated rings. The lowest BCUT2D eigenvalue weighted by Crippen LogP contribution is -2.28. The number of hydrogen-bond acceptors (Lipinski definition) is 5. The lowest BCUT2D eigenvalue weighted by Gasteiger charge is -2.15. The zero-order chi connectivity index (χ0) is 14.7. The molecule has 0 aliphatic heterocycles. The molecule has 1 aromatic heterocycles. The van der Waals surface area contributed by atoms with Gasteiger partial charge in [0.05, 0.1) is 12.3 Å². The van der Waals surface area contributed by atoms with E-state index in [1.807, 2.05) is 13.8 Å². The van der Waals surface area contributed by atoms with Gasteiger partial charge >= 0.3 is 11.7 Å². The van der Waals surface area contributed by atoms with E-state index in [1.54, 1.807) is 18.2 Å². The maximum atomic E-state index is 12.1. The van der Waals surface area contributed by atoms with Crippen molar-refractivity contribution in [3.63, 3.8) is 0 Å². The smallest absolute Gasteiger partial charge is 0.420 e. The second-order valence-electron chi connectivity index (χ2n) is 4.52. The Kier molecular flexibility index (Phi) is 4.12. The fourth-order valence-corrected chi connectivity index (χ4v) is 2.15. The summed E-state index contributed by atoms with van der Waals surface area (Å²) in [6.45, 7) is 4.04. The Morgan fingerprint density at radius 2 is 2.20 bits per heavy atom. The summed E-state index contributed by atoms with van der Waals surface area (Å²) in [7, 11) is 0. The quantitative estimate of drug-likeness (QED) is 0.668. The van der Waals surface area contributed by atoms with Gasteiger partial charge in [0.2, 0.25) is 0 Å². The first-order valence-electron chi connectivity index (χ1n) is 6.66. The van der Waals surface area contributed by atoms with Crippen molar-refractivity contribution in [1.29, 1.82) is 0 Å². The van der Waals surface area contributed by atoms with Crippen LogP contribution in [0.4, 0.5) is 5.69 Å². The maximum Gasteiger partial charge on any atom is 0.420 e. The number of anilines is 1. The van der Waals surface area contributed by atoms with Gasteiger partial charge in [-0.05, 0) is 25.0 Å². The molecule has 2 N–H and O–H groups in total. The van der Waals surface area contributed by atoms with Crippen LogP contribution < -0.4 is 11.5 Å². The van der Waals surface area contributed by atoms with E-state index in [9.17, 15) is 9.59 Å². The first-order chi connectivity index (χ1) is 9.60. The van der Waals surface area contributed by atoms with Crippen LogP contribution in [0.2, 0.25) is 0 Å². The van der Waals surface area contributed by atoms with E-state index >= 15 is 0 Å². The molecule has 0 saturated heterocycles. The molecule has 6 heteroatoms. The number of nitrogen functional groups attached to an aromatic ring is 1. The van der Waals surface area contributed by atoms with E-state index in [2.05, 4.69) is 0 Å². The second-order valence-corrected chi connectivity index (χ2v) is 4.52. The monoisotopic (exact) mass is 278 g/mol. The minimum Gasteiger partial charge on any atom is -0.464 e. The number of hydrogen-bond donors (Lipinski definition) is 1. The first kappa shape index (κ1) is 14.2. The average Bonchev–Trinajstić information content (AvgIpc) is 2.75. The standard InChI is InChI=1S/C14H18N2O4/c1-3-8-19-13(17)10(4-2)16-12-9(15)6-5-7-11(12)20-14(16)18/h5-7,10H,3-4,8,15H2,1-2H3. The summed E-state index contributed by atoms with van der Waals surface area (Å²) < 4.78 is 11.5. The molecule has 2 rings (SSSR count). The molecular formula is C14H18N2O4. The van der Waals surface area contributed by atoms with Crippen molar-refractivity contribution >= 4 is 22.8 Å². The summed E-state index contributed by atoms with van der Waals surface area (Å²) in [6, 6.07) is 4.28. The minimum atomic E-state index is -0.722. The van der Waals surface area contributed by atoms with Crippen molar-refractivity contribution in [2.24, 2.45) is 0 Å². The van der Waals surface area contributed by atoms with E-state index in [0.717, 1.165) is 6.42 Å². The Bertz CT molecular complexity index is 671. The summed E-state index contributed by atoms with van der Waals surface area (Å²) >= 11 is 0. The van der Waals surface area contributed by atoms with E-state index < -0.39 is 17.8 Å². The van der Waals surface area contributed by atoms with Crippen LogP contribution in [0, 0.1) is 0 Å². The van der Waals surface area contributed by atoms with E-state index in [4.69, 9.17) is 14.9 Å². The number of carbonyl (C=O) groups excluding carboxylic acids is 1. The molecule has 0 spiro atoms. The van der Waals surface area contributed by atoms with Gasteiger partial charge in [0.25, 0.3) is 0 Å². The van der Waals surface area contributed by atoms with Gasteiger partial charge in [-0.25, -0.2) is 9.59 Å². The van der Waals surface area contributed by atoms with Crippen LogP contribution in [-0.2, 0) is 9.53 Å². The lowest BCUT2D eigenvalue weighted by molar-refractivity contribution is -0.147. The number of ether oxygens (including phenoxy) is 1. The SMILES string of the molecule is CCCOC(=O)C(CC)n1c(=O)oc2cccc(N)c21. The summed E-state index contributed by atoms with van der Waals surface area (Å²) in [5.74, 6) is -1.04. The summed E-state index contributed by atoms with van der Waals surface area (Å²) in [5, 5.41) is 0. The van der Waals surface area contributed by atoms with Gasteiger partial charge in [-0.3, -0.25) is 4.57 Å². The zero-order valence-electron chi connectivity index (χ0n) is 11.6. The Morgan fingerprint density at radius 1 is 1.45 bits per heavy atom. The molecule has 1 atom stereocenters. The van der Waals surface area contributed by atoms with Gasteiger partial charge in [0.15, 0.2) is 5.58 Å². The molecule has 0 bridgehead atoms. The van der Waals surface area contributed by atoms with Crippen LogP contribution >= 0.6 is 0 Å². The molecule has 1 unspecified atom stereocenters. The number of esters is 1. The number of para-hydroxylation sites is 1. The number of fused-ring (bicyclic) bond motifs is 1. The Morgan fingerprint density at radius 3 is 2.85 bits per heavy atom. The molecule has 1 heterocycles. The summed E-state index contributed by atoms with van der Waals surface area (Å²) in [6.07, 6.45) is 1.15. The Hall–Kier alpha value is -2.24. The maximum absolute atomic E-state index is 12.1. The third-order valence-electron chi connectivity index (χ3n) is 3.08. The highest BCUT2D eigenvalue weighted by Gasteiger charge is 2.26. The number of nitrogens with zero attached hydrogens (tertiary/aromatic N) is 1. The number of carbonyl (C=O) groups is 1. The average molecular weight is 278 g/mol. The first-order valence-corrected chi connectivity index (χ1v) is 6.66. The molecule has 6 nitrogen and oxygen atoms in total. The van der Waals surface area contributed by atoms with Crippen LogP contribution in [-0.4, -0.2) is 17.1 Å². The van der Waals surface area contributed by atoms with Crippen LogP contribution in [0.5, 0.6) is 0 Å². The van der Waals surface area contributed by atoms with E-state index in [-0.39, 0.29) is 0 Å². The van der Waals surface area contributed by atoms with Crippen molar-refractivity contribution in [1.82, 2.24) is 4.57 Å². The van der Waals surface area contributed by atoms with Gasteiger partial charge in [-0.1, -0.05) is 19.9 Å². The topological polar surface area (TPSA) is 87.5 Å². The number of nitrogens with two attached hydrogens (primary N) is 1. The number of aromatic nitrogens is 1. The third kappa shape index (κ3) is 2.41. The normalized spacial score (nSPS) is 12.5. The fourth-order valence-electron chi connectivity index (χ4n) is 2.15. The van der Waals surface area contributed by atoms with Gasteiger partial charge in [-0.15, -0.1) is 0 Å². The van der Waals surface area contributed by atoms with Crippen molar-refractivity contribution in [3.8, 4) is 0 Å². The third-order valence-corrected chi connectivity index (χ3v) is 3.08. The molecule has 2 aromatic rings. The summed E-state index contributed by atoms with van der Waals surface area (Å²) in [4.78, 5) is 24.1. The second kappa shape index (κ2) is 5.81. The van der Waals surface area contributed by atoms with Crippen molar-refractivity contribution < 1.29 is 13.9 Å². The number of oxazole rings is 1. The Labute approximate surface area is 116 Å². The van der Waals surface area contributed by atoms with Gasteiger partial charge in [-0.2, -0.15) is 0 Å². The van der Waals surface area contributed by atoms with Gasteiger partial charge < -0.3 is 14.9 Å². The molecule has 0 radical (unpaired) electrons. The van der Waals surface area contributed by atoms with Crippen LogP contribution in [0.15, 0.2) is 27.4 Å². The highest BCUT2D eigenvalue weighted by Crippen LogP contribution is 2.24. The molecule has 0 saturated carbocycles. The molecule has 20 heavy (non-hydrogen) atoms. The van der Waals surface area contributed by atoms with Crippen molar-refractivity contribution in [3.05, 3.63) is 28.7 Å². The highest BCUT2D eigenvalue weighted by atomic mass is 16.5. The zero-order valence-corrected chi connectivity index (χ0v) is 11.6. The van der Waals surface area contributed by atoms with E-state index in [0.29, 0.717) is 29.8 Å².